The maximum atomic E-state index is 5.55. The van der Waals surface area contributed by atoms with E-state index in [0.717, 1.165) is 6.04 Å². The van der Waals surface area contributed by atoms with Crippen molar-refractivity contribution in [2.24, 2.45) is 5.14 Å². The lowest BCUT2D eigenvalue weighted by Crippen LogP contribution is -2.57. The van der Waals surface area contributed by atoms with Crippen molar-refractivity contribution < 1.29 is 0 Å². The molecule has 2 aliphatic rings. The van der Waals surface area contributed by atoms with Crippen LogP contribution < -0.4 is 5.14 Å². The topological polar surface area (TPSA) is 32.5 Å². The summed E-state index contributed by atoms with van der Waals surface area (Å²) in [7, 11) is 0. The molecule has 0 amide bonds. The van der Waals surface area contributed by atoms with Gasteiger partial charge in [0, 0.05) is 24.4 Å². The molecule has 14 heavy (non-hydrogen) atoms. The summed E-state index contributed by atoms with van der Waals surface area (Å²) in [5.41, 5.74) is 0. The Morgan fingerprint density at radius 3 is 2.43 bits per heavy atom. The van der Waals surface area contributed by atoms with Crippen LogP contribution in [0.4, 0.5) is 0 Å². The van der Waals surface area contributed by atoms with Crippen molar-refractivity contribution >= 4 is 11.9 Å². The van der Waals surface area contributed by atoms with Crippen molar-refractivity contribution in [3.8, 4) is 0 Å². The van der Waals surface area contributed by atoms with Gasteiger partial charge in [-0.05, 0) is 32.5 Å². The van der Waals surface area contributed by atoms with Gasteiger partial charge in [0.15, 0.2) is 0 Å². The van der Waals surface area contributed by atoms with Crippen molar-refractivity contribution in [1.82, 2.24) is 9.80 Å². The maximum absolute atomic E-state index is 5.55. The first-order chi connectivity index (χ1) is 6.83. The van der Waals surface area contributed by atoms with Crippen LogP contribution in [0.1, 0.15) is 19.8 Å². The lowest BCUT2D eigenvalue weighted by Gasteiger charge is -2.46. The summed E-state index contributed by atoms with van der Waals surface area (Å²) >= 11 is 1.53. The number of hydrogen-bond acceptors (Lipinski definition) is 4. The van der Waals surface area contributed by atoms with Gasteiger partial charge in [0.2, 0.25) is 0 Å². The first-order valence-electron chi connectivity index (χ1n) is 5.65. The highest BCUT2D eigenvalue weighted by atomic mass is 32.2. The molecule has 0 aliphatic carbocycles. The van der Waals surface area contributed by atoms with Crippen LogP contribution in [0.5, 0.6) is 0 Å². The summed E-state index contributed by atoms with van der Waals surface area (Å²) in [6.07, 6.45) is 2.71. The maximum Gasteiger partial charge on any atom is 0.0445 e. The van der Waals surface area contributed by atoms with E-state index in [4.69, 9.17) is 5.14 Å². The van der Waals surface area contributed by atoms with Crippen LogP contribution in [0, 0.1) is 0 Å². The highest BCUT2D eigenvalue weighted by Crippen LogP contribution is 2.25. The van der Waals surface area contributed by atoms with Gasteiger partial charge in [0.05, 0.1) is 0 Å². The van der Waals surface area contributed by atoms with Crippen LogP contribution in [0.2, 0.25) is 0 Å². The summed E-state index contributed by atoms with van der Waals surface area (Å²) in [6.45, 7) is 8.49. The van der Waals surface area contributed by atoms with Crippen LogP contribution in [0.25, 0.3) is 0 Å². The van der Waals surface area contributed by atoms with Gasteiger partial charge in [-0.1, -0.05) is 18.9 Å². The second kappa shape index (κ2) is 4.84. The molecule has 0 aromatic rings. The third kappa shape index (κ3) is 2.24. The van der Waals surface area contributed by atoms with Gasteiger partial charge < -0.3 is 4.90 Å². The number of nitrogens with two attached hydrogens (primary N) is 1. The number of nitrogens with zero attached hydrogens (tertiary/aromatic N) is 2. The fraction of sp³-hybridized carbons (Fsp3) is 1.00. The smallest absolute Gasteiger partial charge is 0.0445 e. The number of hydrogen-bond donors (Lipinski definition) is 1. The molecule has 0 bridgehead atoms. The van der Waals surface area contributed by atoms with Gasteiger partial charge in [-0.25, -0.2) is 0 Å². The first-order valence-corrected chi connectivity index (χ1v) is 6.59. The Bertz CT molecular complexity index is 174. The molecule has 82 valence electrons. The molecular weight excluding hydrogens is 194 g/mol. The van der Waals surface area contributed by atoms with E-state index >= 15 is 0 Å². The minimum atomic E-state index is 0.708. The second-order valence-electron chi connectivity index (χ2n) is 4.38. The van der Waals surface area contributed by atoms with E-state index in [1.54, 1.807) is 0 Å². The minimum Gasteiger partial charge on any atom is -0.303 e. The molecule has 0 atom stereocenters. The Morgan fingerprint density at radius 2 is 1.93 bits per heavy atom. The van der Waals surface area contributed by atoms with Crippen LogP contribution >= 0.6 is 11.9 Å². The van der Waals surface area contributed by atoms with Gasteiger partial charge in [-0.2, -0.15) is 0 Å². The summed E-state index contributed by atoms with van der Waals surface area (Å²) < 4.78 is 0. The largest absolute Gasteiger partial charge is 0.303 e. The molecule has 0 unspecified atom stereocenters. The standard InChI is InChI=1S/C10H21N3S/c1-2-12-5-3-9(4-6-12)13-7-10(8-13)14-11/h9-10H,2-8,11H2,1H3. The summed E-state index contributed by atoms with van der Waals surface area (Å²) in [5, 5.41) is 6.26. The molecule has 2 heterocycles. The van der Waals surface area contributed by atoms with Gasteiger partial charge in [0.1, 0.15) is 0 Å². The molecule has 2 saturated heterocycles. The molecule has 2 fully saturated rings. The fourth-order valence-electron chi connectivity index (χ4n) is 2.45. The summed E-state index contributed by atoms with van der Waals surface area (Å²) in [5.74, 6) is 0. The molecule has 0 spiro atoms. The average molecular weight is 215 g/mol. The van der Waals surface area contributed by atoms with Crippen molar-refractivity contribution in [3.63, 3.8) is 0 Å². The van der Waals surface area contributed by atoms with Crippen molar-refractivity contribution in [3.05, 3.63) is 0 Å². The van der Waals surface area contributed by atoms with Crippen LogP contribution in [-0.4, -0.2) is 53.8 Å². The Balaban J connectivity index is 1.69. The predicted octanol–water partition coefficient (Wildman–Crippen LogP) is 0.762. The number of rotatable bonds is 3. The Labute approximate surface area is 91.1 Å². The van der Waals surface area contributed by atoms with Crippen molar-refractivity contribution in [2.45, 2.75) is 31.1 Å². The van der Waals surface area contributed by atoms with Crippen LogP contribution in [-0.2, 0) is 0 Å². The van der Waals surface area contributed by atoms with Crippen LogP contribution in [0.15, 0.2) is 0 Å². The van der Waals surface area contributed by atoms with E-state index in [9.17, 15) is 0 Å². The summed E-state index contributed by atoms with van der Waals surface area (Å²) in [4.78, 5) is 5.16. The van der Waals surface area contributed by atoms with Gasteiger partial charge >= 0.3 is 0 Å². The molecule has 0 radical (unpaired) electrons. The molecule has 0 saturated carbocycles. The molecule has 2 rings (SSSR count). The zero-order valence-electron chi connectivity index (χ0n) is 8.98. The lowest BCUT2D eigenvalue weighted by molar-refractivity contribution is 0.0699. The van der Waals surface area contributed by atoms with E-state index in [-0.39, 0.29) is 0 Å². The van der Waals surface area contributed by atoms with E-state index in [1.807, 2.05) is 0 Å². The molecule has 0 aromatic heterocycles. The second-order valence-corrected chi connectivity index (χ2v) is 5.32. The number of likely N-dealkylation sites (tertiary alicyclic amines) is 2. The highest BCUT2D eigenvalue weighted by molar-refractivity contribution is 7.97. The van der Waals surface area contributed by atoms with Gasteiger partial charge in [-0.3, -0.25) is 10.0 Å². The third-order valence-corrected chi connectivity index (χ3v) is 4.27. The Morgan fingerprint density at radius 1 is 1.29 bits per heavy atom. The van der Waals surface area contributed by atoms with Gasteiger partial charge in [0.25, 0.3) is 0 Å². The number of piperidine rings is 1. The van der Waals surface area contributed by atoms with Crippen LogP contribution in [0.3, 0.4) is 0 Å². The van der Waals surface area contributed by atoms with Crippen molar-refractivity contribution in [1.29, 1.82) is 0 Å². The highest BCUT2D eigenvalue weighted by Gasteiger charge is 2.33. The van der Waals surface area contributed by atoms with Gasteiger partial charge in [-0.15, -0.1) is 0 Å². The summed E-state index contributed by atoms with van der Waals surface area (Å²) in [6, 6.07) is 0.848. The zero-order valence-corrected chi connectivity index (χ0v) is 9.80. The van der Waals surface area contributed by atoms with Crippen molar-refractivity contribution in [2.75, 3.05) is 32.7 Å². The minimum absolute atomic E-state index is 0.708. The molecule has 3 nitrogen and oxygen atoms in total. The molecular formula is C10H21N3S. The average Bonchev–Trinajstić information content (AvgIpc) is 2.17. The fourth-order valence-corrected chi connectivity index (χ4v) is 3.01. The SMILES string of the molecule is CCN1CCC(N2CC(SN)C2)CC1. The Hall–Kier alpha value is 0.230. The van der Waals surface area contributed by atoms with E-state index in [0.29, 0.717) is 5.25 Å². The molecule has 2 aliphatic heterocycles. The predicted molar refractivity (Wildman–Crippen MR) is 62.3 cm³/mol. The third-order valence-electron chi connectivity index (χ3n) is 3.59. The van der Waals surface area contributed by atoms with E-state index < -0.39 is 0 Å². The first kappa shape index (κ1) is 10.7. The monoisotopic (exact) mass is 215 g/mol. The molecule has 2 N–H and O–H groups in total. The lowest BCUT2D eigenvalue weighted by atomic mass is 9.99. The molecule has 4 heteroatoms. The Kier molecular flexibility index (Phi) is 3.71. The quantitative estimate of drug-likeness (QED) is 0.705. The van der Waals surface area contributed by atoms with E-state index in [1.165, 1.54) is 57.5 Å². The normalized spacial score (nSPS) is 27.9. The zero-order chi connectivity index (χ0) is 9.97. The van der Waals surface area contributed by atoms with E-state index in [2.05, 4.69) is 16.7 Å². The molecule has 0 aromatic carbocycles.